The van der Waals surface area contributed by atoms with Crippen molar-refractivity contribution in [1.29, 1.82) is 0 Å². The average Bonchev–Trinajstić information content (AvgIpc) is 3.16. The number of aromatic nitrogens is 2. The summed E-state index contributed by atoms with van der Waals surface area (Å²) in [5.74, 6) is 0.799. The maximum absolute atomic E-state index is 4.59. The average molecular weight is 341 g/mol. The summed E-state index contributed by atoms with van der Waals surface area (Å²) in [6.45, 7) is 4.96. The molecule has 3 rings (SSSR count). The Kier molecular flexibility index (Phi) is 5.15. The van der Waals surface area contributed by atoms with Crippen molar-refractivity contribution in [3.8, 4) is 0 Å². The second-order valence-corrected chi connectivity index (χ2v) is 7.26. The van der Waals surface area contributed by atoms with Crippen LogP contribution in [0.15, 0.2) is 47.7 Å². The van der Waals surface area contributed by atoms with E-state index < -0.39 is 0 Å². The van der Waals surface area contributed by atoms with Crippen LogP contribution in [0.4, 0.5) is 0 Å². The van der Waals surface area contributed by atoms with Gasteiger partial charge >= 0.3 is 0 Å². The van der Waals surface area contributed by atoms with Crippen LogP contribution in [-0.4, -0.2) is 28.4 Å². The number of imidazole rings is 1. The second kappa shape index (κ2) is 7.49. The van der Waals surface area contributed by atoms with Crippen LogP contribution in [0.25, 0.3) is 5.65 Å². The van der Waals surface area contributed by atoms with Crippen molar-refractivity contribution in [2.24, 2.45) is 4.99 Å². The highest BCUT2D eigenvalue weighted by atomic mass is 32.1. The summed E-state index contributed by atoms with van der Waals surface area (Å²) < 4.78 is 2.02. The van der Waals surface area contributed by atoms with Crippen LogP contribution in [-0.2, 0) is 13.0 Å². The first-order valence-corrected chi connectivity index (χ1v) is 8.91. The van der Waals surface area contributed by atoms with Gasteiger partial charge in [0.1, 0.15) is 5.65 Å². The van der Waals surface area contributed by atoms with Gasteiger partial charge in [0, 0.05) is 41.7 Å². The Morgan fingerprint density at radius 3 is 2.92 bits per heavy atom. The molecule has 0 saturated heterocycles. The molecule has 1 unspecified atom stereocenters. The second-order valence-electron chi connectivity index (χ2n) is 5.89. The van der Waals surface area contributed by atoms with Crippen LogP contribution in [0.5, 0.6) is 0 Å². The standard InChI is InChI=1S/C18H23N5S/c1-13(10-16-8-7-14(2)24-16)21-18(19-3)20-11-15-12-23-9-5-4-6-17(23)22-15/h4-9,12-13H,10-11H2,1-3H3,(H2,19,20,21). The third kappa shape index (κ3) is 4.14. The van der Waals surface area contributed by atoms with Crippen LogP contribution in [0, 0.1) is 6.92 Å². The van der Waals surface area contributed by atoms with Gasteiger partial charge in [-0.1, -0.05) is 6.07 Å². The van der Waals surface area contributed by atoms with Gasteiger partial charge in [-0.15, -0.1) is 11.3 Å². The Balaban J connectivity index is 1.54. The summed E-state index contributed by atoms with van der Waals surface area (Å²) in [6.07, 6.45) is 5.03. The molecule has 5 nitrogen and oxygen atoms in total. The number of rotatable bonds is 5. The molecule has 0 fully saturated rings. The van der Waals surface area contributed by atoms with E-state index in [1.54, 1.807) is 7.05 Å². The smallest absolute Gasteiger partial charge is 0.191 e. The predicted molar refractivity (Wildman–Crippen MR) is 101 cm³/mol. The van der Waals surface area contributed by atoms with Gasteiger partial charge in [-0.05, 0) is 38.1 Å². The molecule has 6 heteroatoms. The van der Waals surface area contributed by atoms with Crippen molar-refractivity contribution in [3.63, 3.8) is 0 Å². The van der Waals surface area contributed by atoms with Crippen molar-refractivity contribution in [2.45, 2.75) is 32.9 Å². The molecule has 0 aromatic carbocycles. The lowest BCUT2D eigenvalue weighted by molar-refractivity contribution is 0.644. The molecule has 0 amide bonds. The van der Waals surface area contributed by atoms with Crippen molar-refractivity contribution < 1.29 is 0 Å². The van der Waals surface area contributed by atoms with Crippen LogP contribution < -0.4 is 10.6 Å². The van der Waals surface area contributed by atoms with Gasteiger partial charge < -0.3 is 15.0 Å². The van der Waals surface area contributed by atoms with E-state index in [-0.39, 0.29) is 0 Å². The van der Waals surface area contributed by atoms with Crippen molar-refractivity contribution >= 4 is 22.9 Å². The molecule has 0 aliphatic rings. The van der Waals surface area contributed by atoms with E-state index in [1.165, 1.54) is 9.75 Å². The Labute approximate surface area is 146 Å². The van der Waals surface area contributed by atoms with Gasteiger partial charge in [0.05, 0.1) is 12.2 Å². The molecule has 0 spiro atoms. The molecule has 24 heavy (non-hydrogen) atoms. The highest BCUT2D eigenvalue weighted by molar-refractivity contribution is 7.11. The molecule has 0 aliphatic heterocycles. The van der Waals surface area contributed by atoms with Gasteiger partial charge in [0.15, 0.2) is 5.96 Å². The third-order valence-corrected chi connectivity index (χ3v) is 4.78. The first kappa shape index (κ1) is 16.5. The fraction of sp³-hybridized carbons (Fsp3) is 0.333. The molecule has 1 atom stereocenters. The number of aliphatic imine (C=N–C) groups is 1. The summed E-state index contributed by atoms with van der Waals surface area (Å²) in [7, 11) is 1.79. The monoisotopic (exact) mass is 341 g/mol. The normalized spacial score (nSPS) is 13.2. The van der Waals surface area contributed by atoms with Crippen molar-refractivity contribution in [2.75, 3.05) is 7.05 Å². The van der Waals surface area contributed by atoms with Crippen LogP contribution >= 0.6 is 11.3 Å². The molecule has 2 N–H and O–H groups in total. The Bertz CT molecular complexity index is 800. The topological polar surface area (TPSA) is 53.7 Å². The minimum absolute atomic E-state index is 0.315. The van der Waals surface area contributed by atoms with Crippen molar-refractivity contribution in [3.05, 3.63) is 58.2 Å². The molecule has 3 heterocycles. The van der Waals surface area contributed by atoms with Gasteiger partial charge in [0.25, 0.3) is 0 Å². The SMILES string of the molecule is CN=C(NCc1cn2ccccc2n1)NC(C)Cc1ccc(C)s1. The fourth-order valence-corrected chi connectivity index (χ4v) is 3.64. The molecule has 0 bridgehead atoms. The summed E-state index contributed by atoms with van der Waals surface area (Å²) >= 11 is 1.85. The van der Waals surface area contributed by atoms with E-state index in [0.29, 0.717) is 12.6 Å². The van der Waals surface area contributed by atoms with E-state index in [0.717, 1.165) is 23.7 Å². The molecule has 0 saturated carbocycles. The lowest BCUT2D eigenvalue weighted by Crippen LogP contribution is -2.42. The minimum Gasteiger partial charge on any atom is -0.354 e. The highest BCUT2D eigenvalue weighted by Crippen LogP contribution is 2.16. The van der Waals surface area contributed by atoms with Crippen LogP contribution in [0.3, 0.4) is 0 Å². The van der Waals surface area contributed by atoms with Crippen molar-refractivity contribution in [1.82, 2.24) is 20.0 Å². The first-order valence-electron chi connectivity index (χ1n) is 8.09. The van der Waals surface area contributed by atoms with Gasteiger partial charge in [-0.2, -0.15) is 0 Å². The summed E-state index contributed by atoms with van der Waals surface area (Å²) in [5.41, 5.74) is 1.95. The van der Waals surface area contributed by atoms with E-state index in [1.807, 2.05) is 46.3 Å². The summed E-state index contributed by atoms with van der Waals surface area (Å²) in [5, 5.41) is 6.77. The number of nitrogens with zero attached hydrogens (tertiary/aromatic N) is 3. The van der Waals surface area contributed by atoms with E-state index in [2.05, 4.69) is 46.6 Å². The first-order chi connectivity index (χ1) is 11.6. The largest absolute Gasteiger partial charge is 0.354 e. The third-order valence-electron chi connectivity index (χ3n) is 3.76. The quantitative estimate of drug-likeness (QED) is 0.554. The number of aryl methyl sites for hydroxylation is 1. The maximum atomic E-state index is 4.59. The Morgan fingerprint density at radius 2 is 2.21 bits per heavy atom. The van der Waals surface area contributed by atoms with E-state index >= 15 is 0 Å². The van der Waals surface area contributed by atoms with E-state index in [4.69, 9.17) is 0 Å². The molecule has 126 valence electrons. The lowest BCUT2D eigenvalue weighted by atomic mass is 10.2. The lowest BCUT2D eigenvalue weighted by Gasteiger charge is -2.17. The van der Waals surface area contributed by atoms with Gasteiger partial charge in [-0.3, -0.25) is 4.99 Å². The number of nitrogens with one attached hydrogen (secondary N) is 2. The fourth-order valence-electron chi connectivity index (χ4n) is 2.62. The van der Waals surface area contributed by atoms with E-state index in [9.17, 15) is 0 Å². The van der Waals surface area contributed by atoms with Gasteiger partial charge in [-0.25, -0.2) is 4.98 Å². The number of pyridine rings is 1. The number of hydrogen-bond acceptors (Lipinski definition) is 3. The minimum atomic E-state index is 0.315. The number of thiophene rings is 1. The van der Waals surface area contributed by atoms with Crippen LogP contribution in [0.2, 0.25) is 0 Å². The van der Waals surface area contributed by atoms with Gasteiger partial charge in [0.2, 0.25) is 0 Å². The summed E-state index contributed by atoms with van der Waals surface area (Å²) in [6, 6.07) is 10.7. The highest BCUT2D eigenvalue weighted by Gasteiger charge is 2.08. The number of hydrogen-bond donors (Lipinski definition) is 2. The zero-order chi connectivity index (χ0) is 16.9. The molecule has 0 radical (unpaired) electrons. The number of guanidine groups is 1. The molecule has 3 aromatic heterocycles. The molecule has 0 aliphatic carbocycles. The number of fused-ring (bicyclic) bond motifs is 1. The molecular formula is C18H23N5S. The zero-order valence-corrected chi connectivity index (χ0v) is 15.1. The summed E-state index contributed by atoms with van der Waals surface area (Å²) in [4.78, 5) is 11.6. The van der Waals surface area contributed by atoms with Crippen LogP contribution in [0.1, 0.15) is 22.4 Å². The molecule has 3 aromatic rings. The maximum Gasteiger partial charge on any atom is 0.191 e. The molecular weight excluding hydrogens is 318 g/mol. The Hall–Kier alpha value is -2.34. The predicted octanol–water partition coefficient (Wildman–Crippen LogP) is 3.00. The Morgan fingerprint density at radius 1 is 1.33 bits per heavy atom. The zero-order valence-electron chi connectivity index (χ0n) is 14.3.